The summed E-state index contributed by atoms with van der Waals surface area (Å²) in [5, 5.41) is 19.2. The van der Waals surface area contributed by atoms with Crippen molar-refractivity contribution in [3.05, 3.63) is 29.3 Å². The summed E-state index contributed by atoms with van der Waals surface area (Å²) in [6, 6.07) is 5.87. The SMILES string of the molecule is CCCCCCC(=O)O[C@@H]1C[C@@H]2Cc3c(cccc3OCC(=O)O)C[C@@H]2[C@H]1CC[C@@H](O)CC. The lowest BCUT2D eigenvalue weighted by Crippen LogP contribution is -2.29. The Bertz CT molecular complexity index is 791. The molecule has 3 rings (SSSR count). The average molecular weight is 461 g/mol. The van der Waals surface area contributed by atoms with Gasteiger partial charge in [0, 0.05) is 6.42 Å². The lowest BCUT2D eigenvalue weighted by molar-refractivity contribution is -0.151. The lowest BCUT2D eigenvalue weighted by atomic mass is 9.73. The van der Waals surface area contributed by atoms with Crippen molar-refractivity contribution < 1.29 is 29.3 Å². The highest BCUT2D eigenvalue weighted by atomic mass is 16.5. The van der Waals surface area contributed by atoms with Crippen LogP contribution in [0.15, 0.2) is 18.2 Å². The standard InChI is InChI=1S/C27H40O6/c1-3-5-6-7-11-27(31)33-25-16-19-15-23-18(9-8-10-24(23)32-17-26(29)30)14-22(19)21(25)13-12-20(28)4-2/h8-10,19-22,25,28H,3-7,11-17H2,1-2H3,(H,29,30)/t19-,20-,21+,22-,25+/m0/s1. The summed E-state index contributed by atoms with van der Waals surface area (Å²) in [5.74, 6) is 0.583. The molecule has 1 aromatic rings. The molecule has 0 aromatic heterocycles. The van der Waals surface area contributed by atoms with E-state index in [1.807, 2.05) is 19.1 Å². The van der Waals surface area contributed by atoms with Gasteiger partial charge in [0.15, 0.2) is 6.61 Å². The summed E-state index contributed by atoms with van der Waals surface area (Å²) in [6.07, 6.45) is 9.09. The second-order valence-electron chi connectivity index (χ2n) is 9.79. The average Bonchev–Trinajstić information content (AvgIpc) is 3.12. The maximum absolute atomic E-state index is 12.6. The number of fused-ring (bicyclic) bond motifs is 2. The zero-order valence-corrected chi connectivity index (χ0v) is 20.1. The number of hydrogen-bond acceptors (Lipinski definition) is 5. The quantitative estimate of drug-likeness (QED) is 0.320. The van der Waals surface area contributed by atoms with E-state index in [0.29, 0.717) is 24.0 Å². The molecule has 2 aliphatic rings. The first kappa shape index (κ1) is 25.5. The number of benzene rings is 1. The third-order valence-electron chi connectivity index (χ3n) is 7.49. The van der Waals surface area contributed by atoms with Gasteiger partial charge < -0.3 is 19.7 Å². The van der Waals surface area contributed by atoms with E-state index in [1.165, 1.54) is 5.56 Å². The molecule has 0 bridgehead atoms. The zero-order valence-electron chi connectivity index (χ0n) is 20.1. The molecule has 0 spiro atoms. The van der Waals surface area contributed by atoms with E-state index >= 15 is 0 Å². The Morgan fingerprint density at radius 3 is 2.70 bits per heavy atom. The highest BCUT2D eigenvalue weighted by Crippen LogP contribution is 2.49. The monoisotopic (exact) mass is 460 g/mol. The fraction of sp³-hybridized carbons (Fsp3) is 0.704. The van der Waals surface area contributed by atoms with Gasteiger partial charge in [-0.05, 0) is 79.9 Å². The molecule has 184 valence electrons. The Balaban J connectivity index is 1.71. The zero-order chi connectivity index (χ0) is 23.8. The fourth-order valence-electron chi connectivity index (χ4n) is 5.70. The minimum Gasteiger partial charge on any atom is -0.482 e. The molecule has 0 amide bonds. The van der Waals surface area contributed by atoms with Gasteiger partial charge in [0.05, 0.1) is 6.10 Å². The Hall–Kier alpha value is -2.08. The Kier molecular flexibility index (Phi) is 9.60. The van der Waals surface area contributed by atoms with Crippen molar-refractivity contribution in [3.8, 4) is 5.75 Å². The number of unbranched alkanes of at least 4 members (excludes halogenated alkanes) is 3. The molecule has 2 aliphatic carbocycles. The Morgan fingerprint density at radius 2 is 1.97 bits per heavy atom. The molecule has 1 fully saturated rings. The number of carboxylic acid groups (broad SMARTS) is 1. The lowest BCUT2D eigenvalue weighted by Gasteiger charge is -2.32. The summed E-state index contributed by atoms with van der Waals surface area (Å²) in [5.41, 5.74) is 2.30. The first-order valence-electron chi connectivity index (χ1n) is 12.8. The maximum atomic E-state index is 12.6. The molecule has 0 aliphatic heterocycles. The number of aliphatic hydroxyl groups is 1. The molecule has 0 saturated heterocycles. The predicted octanol–water partition coefficient (Wildman–Crippen LogP) is 4.93. The minimum atomic E-state index is -0.984. The van der Waals surface area contributed by atoms with E-state index in [0.717, 1.165) is 69.8 Å². The molecule has 6 heteroatoms. The molecule has 1 saturated carbocycles. The van der Waals surface area contributed by atoms with Crippen LogP contribution in [-0.4, -0.2) is 41.0 Å². The summed E-state index contributed by atoms with van der Waals surface area (Å²) in [6.45, 7) is 3.80. The number of carbonyl (C=O) groups is 2. The van der Waals surface area contributed by atoms with Gasteiger partial charge in [-0.25, -0.2) is 4.79 Å². The van der Waals surface area contributed by atoms with Crippen molar-refractivity contribution >= 4 is 11.9 Å². The summed E-state index contributed by atoms with van der Waals surface area (Å²) < 4.78 is 11.6. The van der Waals surface area contributed by atoms with E-state index in [4.69, 9.17) is 14.6 Å². The predicted molar refractivity (Wildman–Crippen MR) is 126 cm³/mol. The van der Waals surface area contributed by atoms with Crippen molar-refractivity contribution in [2.45, 2.75) is 96.7 Å². The van der Waals surface area contributed by atoms with Gasteiger partial charge in [0.25, 0.3) is 0 Å². The number of esters is 1. The topological polar surface area (TPSA) is 93.1 Å². The largest absolute Gasteiger partial charge is 0.482 e. The van der Waals surface area contributed by atoms with Gasteiger partial charge in [-0.3, -0.25) is 4.79 Å². The first-order chi connectivity index (χ1) is 15.9. The van der Waals surface area contributed by atoms with Crippen molar-refractivity contribution in [1.82, 2.24) is 0 Å². The molecule has 0 radical (unpaired) electrons. The van der Waals surface area contributed by atoms with Gasteiger partial charge in [-0.2, -0.15) is 0 Å². The maximum Gasteiger partial charge on any atom is 0.341 e. The summed E-state index contributed by atoms with van der Waals surface area (Å²) in [4.78, 5) is 23.6. The van der Waals surface area contributed by atoms with Crippen LogP contribution in [0.4, 0.5) is 0 Å². The molecule has 5 atom stereocenters. The van der Waals surface area contributed by atoms with E-state index in [2.05, 4.69) is 13.0 Å². The highest BCUT2D eigenvalue weighted by molar-refractivity contribution is 5.69. The van der Waals surface area contributed by atoms with Gasteiger partial charge in [0.1, 0.15) is 11.9 Å². The number of aliphatic carboxylic acids is 1. The molecule has 1 aromatic carbocycles. The third kappa shape index (κ3) is 6.95. The summed E-state index contributed by atoms with van der Waals surface area (Å²) in [7, 11) is 0. The first-order valence-corrected chi connectivity index (χ1v) is 12.8. The number of ether oxygens (including phenoxy) is 2. The van der Waals surface area contributed by atoms with Crippen LogP contribution in [0.2, 0.25) is 0 Å². The highest BCUT2D eigenvalue weighted by Gasteiger charge is 2.47. The molecule has 33 heavy (non-hydrogen) atoms. The van der Waals surface area contributed by atoms with Gasteiger partial charge >= 0.3 is 11.9 Å². The number of hydrogen-bond donors (Lipinski definition) is 2. The van der Waals surface area contributed by atoms with Crippen LogP contribution < -0.4 is 4.74 Å². The molecular weight excluding hydrogens is 420 g/mol. The van der Waals surface area contributed by atoms with Crippen molar-refractivity contribution in [3.63, 3.8) is 0 Å². The number of rotatable bonds is 13. The number of aliphatic hydroxyl groups excluding tert-OH is 1. The molecule has 0 heterocycles. The molecular formula is C27H40O6. The second-order valence-corrected chi connectivity index (χ2v) is 9.79. The third-order valence-corrected chi connectivity index (χ3v) is 7.49. The van der Waals surface area contributed by atoms with Gasteiger partial charge in [-0.1, -0.05) is 45.2 Å². The molecule has 0 unspecified atom stereocenters. The fourth-order valence-corrected chi connectivity index (χ4v) is 5.70. The van der Waals surface area contributed by atoms with Gasteiger partial charge in [0.2, 0.25) is 0 Å². The minimum absolute atomic E-state index is 0.0983. The van der Waals surface area contributed by atoms with E-state index in [9.17, 15) is 14.7 Å². The van der Waals surface area contributed by atoms with Crippen LogP contribution >= 0.6 is 0 Å². The van der Waals surface area contributed by atoms with Crippen LogP contribution in [0.5, 0.6) is 5.75 Å². The smallest absolute Gasteiger partial charge is 0.341 e. The summed E-state index contributed by atoms with van der Waals surface area (Å²) >= 11 is 0. The van der Waals surface area contributed by atoms with Crippen LogP contribution in [0.3, 0.4) is 0 Å². The van der Waals surface area contributed by atoms with E-state index < -0.39 is 5.97 Å². The molecule has 2 N–H and O–H groups in total. The number of carbonyl (C=O) groups excluding carboxylic acids is 1. The van der Waals surface area contributed by atoms with Crippen LogP contribution in [0.1, 0.15) is 82.8 Å². The Morgan fingerprint density at radius 1 is 1.15 bits per heavy atom. The second kappa shape index (κ2) is 12.4. The van der Waals surface area contributed by atoms with E-state index in [1.54, 1.807) is 0 Å². The Labute approximate surface area is 197 Å². The normalized spacial score (nSPS) is 24.6. The van der Waals surface area contributed by atoms with Crippen molar-refractivity contribution in [2.75, 3.05) is 6.61 Å². The van der Waals surface area contributed by atoms with Crippen molar-refractivity contribution in [2.24, 2.45) is 17.8 Å². The van der Waals surface area contributed by atoms with Gasteiger partial charge in [-0.15, -0.1) is 0 Å². The van der Waals surface area contributed by atoms with Crippen LogP contribution in [0, 0.1) is 17.8 Å². The molecule has 6 nitrogen and oxygen atoms in total. The van der Waals surface area contributed by atoms with E-state index in [-0.39, 0.29) is 30.7 Å². The van der Waals surface area contributed by atoms with Crippen molar-refractivity contribution in [1.29, 1.82) is 0 Å². The number of carboxylic acids is 1. The van der Waals surface area contributed by atoms with Crippen LogP contribution in [-0.2, 0) is 27.2 Å². The van der Waals surface area contributed by atoms with Crippen LogP contribution in [0.25, 0.3) is 0 Å².